The molecule has 1 aliphatic rings. The Morgan fingerprint density at radius 2 is 1.34 bits per heavy atom. The lowest BCUT2D eigenvalue weighted by Gasteiger charge is -2.39. The SMILES string of the molecule is CCCCCCCCCCCCC/C=C/CCCCC1NC=C[N+]1(CC)C(C)O. The summed E-state index contributed by atoms with van der Waals surface area (Å²) < 4.78 is 0.661. The van der Waals surface area contributed by atoms with E-state index in [9.17, 15) is 5.11 Å². The van der Waals surface area contributed by atoms with Gasteiger partial charge in [-0.05, 0) is 39.0 Å². The molecule has 0 radical (unpaired) electrons. The zero-order valence-electron chi connectivity index (χ0n) is 19.9. The summed E-state index contributed by atoms with van der Waals surface area (Å²) in [5.41, 5.74) is 0. The fourth-order valence-corrected chi connectivity index (χ4v) is 4.60. The number of quaternary nitrogens is 1. The molecular formula is C26H51N2O+. The summed E-state index contributed by atoms with van der Waals surface area (Å²) in [5, 5.41) is 13.6. The van der Waals surface area contributed by atoms with Crippen LogP contribution in [-0.4, -0.2) is 28.5 Å². The van der Waals surface area contributed by atoms with Crippen LogP contribution in [0.5, 0.6) is 0 Å². The van der Waals surface area contributed by atoms with Crippen LogP contribution in [0.25, 0.3) is 0 Å². The van der Waals surface area contributed by atoms with Crippen molar-refractivity contribution in [2.45, 2.75) is 136 Å². The van der Waals surface area contributed by atoms with Gasteiger partial charge in [0.05, 0.1) is 12.7 Å². The van der Waals surface area contributed by atoms with E-state index in [1.807, 2.05) is 13.1 Å². The molecule has 0 saturated heterocycles. The Morgan fingerprint density at radius 3 is 1.86 bits per heavy atom. The number of nitrogens with one attached hydrogen (secondary N) is 1. The van der Waals surface area contributed by atoms with Crippen LogP contribution >= 0.6 is 0 Å². The van der Waals surface area contributed by atoms with E-state index < -0.39 is 0 Å². The Bertz CT molecular complexity index is 432. The van der Waals surface area contributed by atoms with Crippen LogP contribution in [0.4, 0.5) is 0 Å². The summed E-state index contributed by atoms with van der Waals surface area (Å²) in [6.45, 7) is 7.29. The zero-order chi connectivity index (χ0) is 21.2. The molecule has 170 valence electrons. The number of hydrogen-bond donors (Lipinski definition) is 2. The van der Waals surface area contributed by atoms with Crippen LogP contribution in [0.3, 0.4) is 0 Å². The van der Waals surface area contributed by atoms with Gasteiger partial charge >= 0.3 is 0 Å². The Kier molecular flexibility index (Phi) is 15.3. The molecule has 0 saturated carbocycles. The standard InChI is InChI=1S/C26H51N2O/c1-4-6-7-8-9-10-11-12-13-14-15-16-17-18-19-20-21-22-26-27-23-24-28(26,5-2)25(3)29/h17-18,23-27,29H,4-16,19-22H2,1-3H3/q+1/b18-17+. The lowest BCUT2D eigenvalue weighted by molar-refractivity contribution is -0.942. The molecule has 0 bridgehead atoms. The first-order valence-corrected chi connectivity index (χ1v) is 12.8. The molecule has 29 heavy (non-hydrogen) atoms. The van der Waals surface area contributed by atoms with Crippen molar-refractivity contribution in [2.24, 2.45) is 0 Å². The summed E-state index contributed by atoms with van der Waals surface area (Å²) in [6, 6.07) is 0. The second-order valence-electron chi connectivity index (χ2n) is 9.02. The number of rotatable bonds is 19. The summed E-state index contributed by atoms with van der Waals surface area (Å²) in [5.74, 6) is 0. The highest BCUT2D eigenvalue weighted by Gasteiger charge is 2.40. The molecule has 0 amide bonds. The molecule has 3 atom stereocenters. The minimum atomic E-state index is -0.345. The molecule has 0 aromatic heterocycles. The van der Waals surface area contributed by atoms with Gasteiger partial charge in [0.15, 0.2) is 12.4 Å². The van der Waals surface area contributed by atoms with Gasteiger partial charge in [-0.1, -0.05) is 83.3 Å². The molecule has 0 aliphatic carbocycles. The summed E-state index contributed by atoms with van der Waals surface area (Å²) >= 11 is 0. The second-order valence-corrected chi connectivity index (χ2v) is 9.02. The van der Waals surface area contributed by atoms with Crippen molar-refractivity contribution >= 4 is 0 Å². The van der Waals surface area contributed by atoms with Gasteiger partial charge in [0, 0.05) is 13.3 Å². The van der Waals surface area contributed by atoms with Crippen LogP contribution in [0.2, 0.25) is 0 Å². The molecule has 1 rings (SSSR count). The van der Waals surface area contributed by atoms with E-state index in [0.717, 1.165) is 13.0 Å². The van der Waals surface area contributed by atoms with Crippen LogP contribution in [-0.2, 0) is 0 Å². The highest BCUT2D eigenvalue weighted by Crippen LogP contribution is 2.25. The maximum atomic E-state index is 10.2. The minimum absolute atomic E-state index is 0.334. The molecule has 1 aliphatic heterocycles. The molecule has 0 aromatic rings. The van der Waals surface area contributed by atoms with Gasteiger partial charge in [-0.3, -0.25) is 4.48 Å². The van der Waals surface area contributed by atoms with Gasteiger partial charge in [-0.15, -0.1) is 0 Å². The molecule has 1 heterocycles. The van der Waals surface area contributed by atoms with Crippen molar-refractivity contribution in [2.75, 3.05) is 6.54 Å². The number of unbranched alkanes of at least 4 members (excludes halogenated alkanes) is 13. The maximum Gasteiger partial charge on any atom is 0.193 e. The third kappa shape index (κ3) is 10.7. The Balaban J connectivity index is 1.90. The predicted molar refractivity (Wildman–Crippen MR) is 127 cm³/mol. The fourth-order valence-electron chi connectivity index (χ4n) is 4.60. The lowest BCUT2D eigenvalue weighted by Crippen LogP contribution is -2.57. The molecule has 0 fully saturated rings. The zero-order valence-corrected chi connectivity index (χ0v) is 19.9. The number of nitrogens with zero attached hydrogens (tertiary/aromatic N) is 1. The first kappa shape index (κ1) is 26.2. The molecule has 2 N–H and O–H groups in total. The van der Waals surface area contributed by atoms with E-state index in [1.165, 1.54) is 96.3 Å². The number of allylic oxidation sites excluding steroid dienone is 2. The van der Waals surface area contributed by atoms with Crippen molar-refractivity contribution in [1.82, 2.24) is 5.32 Å². The first-order chi connectivity index (χ1) is 14.2. The summed E-state index contributed by atoms with van der Waals surface area (Å²) in [6.07, 6.45) is 30.6. The van der Waals surface area contributed by atoms with E-state index in [1.54, 1.807) is 0 Å². The average molecular weight is 408 g/mol. The van der Waals surface area contributed by atoms with Crippen molar-refractivity contribution < 1.29 is 9.59 Å². The van der Waals surface area contributed by atoms with Crippen LogP contribution < -0.4 is 5.32 Å². The topological polar surface area (TPSA) is 32.3 Å². The van der Waals surface area contributed by atoms with Crippen molar-refractivity contribution in [3.8, 4) is 0 Å². The largest absolute Gasteiger partial charge is 0.345 e. The van der Waals surface area contributed by atoms with E-state index in [-0.39, 0.29) is 6.23 Å². The third-order valence-corrected chi connectivity index (χ3v) is 6.70. The van der Waals surface area contributed by atoms with E-state index in [4.69, 9.17) is 0 Å². The van der Waals surface area contributed by atoms with Crippen LogP contribution in [0.15, 0.2) is 24.6 Å². The number of aliphatic hydroxyl groups is 1. The van der Waals surface area contributed by atoms with Gasteiger partial charge < -0.3 is 10.4 Å². The lowest BCUT2D eigenvalue weighted by atomic mass is 10.1. The molecule has 3 heteroatoms. The van der Waals surface area contributed by atoms with E-state index >= 15 is 0 Å². The maximum absolute atomic E-state index is 10.2. The van der Waals surface area contributed by atoms with Crippen LogP contribution in [0.1, 0.15) is 124 Å². The molecule has 3 unspecified atom stereocenters. The summed E-state index contributed by atoms with van der Waals surface area (Å²) in [4.78, 5) is 0. The van der Waals surface area contributed by atoms with Gasteiger partial charge in [-0.25, -0.2) is 0 Å². The Hall–Kier alpha value is -0.800. The highest BCUT2D eigenvalue weighted by atomic mass is 16.3. The highest BCUT2D eigenvalue weighted by molar-refractivity contribution is 4.85. The monoisotopic (exact) mass is 407 g/mol. The molecular weight excluding hydrogens is 356 g/mol. The van der Waals surface area contributed by atoms with E-state index in [2.05, 4.69) is 37.5 Å². The smallest absolute Gasteiger partial charge is 0.193 e. The fraction of sp³-hybridized carbons (Fsp3) is 0.846. The van der Waals surface area contributed by atoms with Crippen LogP contribution in [0, 0.1) is 0 Å². The average Bonchev–Trinajstić information content (AvgIpc) is 3.14. The van der Waals surface area contributed by atoms with Gasteiger partial charge in [-0.2, -0.15) is 0 Å². The molecule has 0 spiro atoms. The second kappa shape index (κ2) is 16.9. The summed E-state index contributed by atoms with van der Waals surface area (Å²) in [7, 11) is 0. The Morgan fingerprint density at radius 1 is 0.828 bits per heavy atom. The van der Waals surface area contributed by atoms with Crippen molar-refractivity contribution in [3.63, 3.8) is 0 Å². The minimum Gasteiger partial charge on any atom is -0.345 e. The molecule has 3 nitrogen and oxygen atoms in total. The third-order valence-electron chi connectivity index (χ3n) is 6.70. The van der Waals surface area contributed by atoms with Gasteiger partial charge in [0.25, 0.3) is 0 Å². The van der Waals surface area contributed by atoms with Gasteiger partial charge in [0.2, 0.25) is 0 Å². The van der Waals surface area contributed by atoms with Crippen molar-refractivity contribution in [3.05, 3.63) is 24.6 Å². The normalized spacial score (nSPS) is 22.4. The number of hydrogen-bond acceptors (Lipinski definition) is 2. The first-order valence-electron chi connectivity index (χ1n) is 12.8. The van der Waals surface area contributed by atoms with Gasteiger partial charge in [0.1, 0.15) is 6.20 Å². The van der Waals surface area contributed by atoms with E-state index in [0.29, 0.717) is 10.6 Å². The molecule has 0 aromatic carbocycles. The predicted octanol–water partition coefficient (Wildman–Crippen LogP) is 7.38. The Labute approximate surface area is 182 Å². The number of aliphatic hydroxyl groups excluding tert-OH is 1. The quantitative estimate of drug-likeness (QED) is 0.133. The van der Waals surface area contributed by atoms with Crippen molar-refractivity contribution in [1.29, 1.82) is 0 Å².